The van der Waals surface area contributed by atoms with E-state index in [-0.39, 0.29) is 0 Å². The molecule has 1 N–H and O–H groups in total. The van der Waals surface area contributed by atoms with Crippen molar-refractivity contribution in [1.29, 1.82) is 0 Å². The van der Waals surface area contributed by atoms with E-state index in [1.54, 1.807) is 0 Å². The van der Waals surface area contributed by atoms with Gasteiger partial charge in [0.05, 0.1) is 6.26 Å². The van der Waals surface area contributed by atoms with Crippen LogP contribution >= 0.6 is 0 Å². The molecule has 0 radical (unpaired) electrons. The van der Waals surface area contributed by atoms with Crippen molar-refractivity contribution in [3.8, 4) is 0 Å². The van der Waals surface area contributed by atoms with Crippen LogP contribution in [0.3, 0.4) is 0 Å². The lowest BCUT2D eigenvalue weighted by Crippen LogP contribution is -2.21. The van der Waals surface area contributed by atoms with Gasteiger partial charge < -0.3 is 0 Å². The fourth-order valence-electron chi connectivity index (χ4n) is 0.658. The molecular formula is C7H17NO3S. The predicted molar refractivity (Wildman–Crippen MR) is 48.0 cm³/mol. The van der Waals surface area contributed by atoms with Crippen LogP contribution in [-0.4, -0.2) is 21.2 Å². The third-order valence-electron chi connectivity index (χ3n) is 1.65. The maximum Gasteiger partial charge on any atom is 0.280 e. The molecule has 1 atom stereocenters. The Morgan fingerprint density at radius 1 is 1.50 bits per heavy atom. The number of nitrogens with one attached hydrogen (secondary N) is 1. The molecule has 0 saturated heterocycles. The third kappa shape index (κ3) is 7.97. The zero-order valence-electron chi connectivity index (χ0n) is 7.83. The molecule has 5 heteroatoms. The molecule has 0 saturated carbocycles. The van der Waals surface area contributed by atoms with Crippen molar-refractivity contribution in [3.63, 3.8) is 0 Å². The molecule has 0 aliphatic carbocycles. The van der Waals surface area contributed by atoms with E-state index < -0.39 is 10.1 Å². The summed E-state index contributed by atoms with van der Waals surface area (Å²) in [6.45, 7) is 4.78. The Kier molecular flexibility index (Phi) is 5.44. The van der Waals surface area contributed by atoms with Crippen molar-refractivity contribution in [1.82, 2.24) is 5.48 Å². The van der Waals surface area contributed by atoms with Gasteiger partial charge in [0, 0.05) is 6.54 Å². The van der Waals surface area contributed by atoms with Gasteiger partial charge in [0.2, 0.25) is 0 Å². The Morgan fingerprint density at radius 3 is 2.50 bits per heavy atom. The Labute approximate surface area is 74.4 Å². The molecule has 0 aliphatic heterocycles. The highest BCUT2D eigenvalue weighted by molar-refractivity contribution is 7.85. The summed E-state index contributed by atoms with van der Waals surface area (Å²) in [5, 5.41) is 0. The van der Waals surface area contributed by atoms with Crippen molar-refractivity contribution in [2.45, 2.75) is 26.7 Å². The van der Waals surface area contributed by atoms with E-state index in [9.17, 15) is 8.42 Å². The summed E-state index contributed by atoms with van der Waals surface area (Å²) < 4.78 is 25.3. The van der Waals surface area contributed by atoms with E-state index >= 15 is 0 Å². The van der Waals surface area contributed by atoms with Gasteiger partial charge >= 0.3 is 0 Å². The maximum absolute atomic E-state index is 10.5. The largest absolute Gasteiger partial charge is 0.280 e. The van der Waals surface area contributed by atoms with Crippen LogP contribution in [0, 0.1) is 5.92 Å². The molecule has 0 spiro atoms. The van der Waals surface area contributed by atoms with Gasteiger partial charge in [-0.2, -0.15) is 18.2 Å². The average molecular weight is 195 g/mol. The second-order valence-electron chi connectivity index (χ2n) is 2.98. The molecule has 0 aliphatic rings. The van der Waals surface area contributed by atoms with E-state index in [0.29, 0.717) is 12.5 Å². The molecule has 0 heterocycles. The van der Waals surface area contributed by atoms with Gasteiger partial charge in [-0.25, -0.2) is 0 Å². The first-order valence-electron chi connectivity index (χ1n) is 4.07. The van der Waals surface area contributed by atoms with Crippen LogP contribution in [0.15, 0.2) is 0 Å². The van der Waals surface area contributed by atoms with E-state index in [2.05, 4.69) is 23.6 Å². The molecule has 12 heavy (non-hydrogen) atoms. The molecule has 4 nitrogen and oxygen atoms in total. The molecule has 0 aromatic rings. The fraction of sp³-hybridized carbons (Fsp3) is 1.00. The quantitative estimate of drug-likeness (QED) is 0.505. The molecule has 1 unspecified atom stereocenters. The van der Waals surface area contributed by atoms with E-state index in [0.717, 1.165) is 19.1 Å². The SMILES string of the molecule is CCC(C)CCNOS(C)(=O)=O. The van der Waals surface area contributed by atoms with Crippen LogP contribution in [0.5, 0.6) is 0 Å². The highest BCUT2D eigenvalue weighted by atomic mass is 32.2. The summed E-state index contributed by atoms with van der Waals surface area (Å²) in [6, 6.07) is 0. The van der Waals surface area contributed by atoms with E-state index in [1.807, 2.05) is 0 Å². The van der Waals surface area contributed by atoms with Crippen molar-refractivity contribution >= 4 is 10.1 Å². The van der Waals surface area contributed by atoms with Gasteiger partial charge in [-0.3, -0.25) is 0 Å². The molecular weight excluding hydrogens is 178 g/mol. The van der Waals surface area contributed by atoms with Crippen LogP contribution in [0.2, 0.25) is 0 Å². The first-order chi connectivity index (χ1) is 5.45. The second-order valence-corrected chi connectivity index (χ2v) is 4.56. The summed E-state index contributed by atoms with van der Waals surface area (Å²) >= 11 is 0. The zero-order chi connectivity index (χ0) is 9.61. The standard InChI is InChI=1S/C7H17NO3S/c1-4-7(2)5-6-8-11-12(3,9)10/h7-8H,4-6H2,1-3H3. The van der Waals surface area contributed by atoms with Gasteiger partial charge in [0.25, 0.3) is 10.1 Å². The Bertz CT molecular complexity index is 201. The number of hydrogen-bond acceptors (Lipinski definition) is 4. The normalized spacial score (nSPS) is 14.6. The van der Waals surface area contributed by atoms with Crippen LogP contribution in [0.4, 0.5) is 0 Å². The topological polar surface area (TPSA) is 55.4 Å². The highest BCUT2D eigenvalue weighted by Gasteiger charge is 2.02. The first-order valence-corrected chi connectivity index (χ1v) is 5.88. The van der Waals surface area contributed by atoms with Crippen molar-refractivity contribution in [2.75, 3.05) is 12.8 Å². The molecule has 0 aromatic carbocycles. The first kappa shape index (κ1) is 11.9. The van der Waals surface area contributed by atoms with Gasteiger partial charge in [0.15, 0.2) is 0 Å². The smallest absolute Gasteiger partial charge is 0.198 e. The Hall–Kier alpha value is -0.130. The summed E-state index contributed by atoms with van der Waals surface area (Å²) in [6.07, 6.45) is 3.04. The minimum Gasteiger partial charge on any atom is -0.198 e. The number of hydroxylamine groups is 1. The van der Waals surface area contributed by atoms with Gasteiger partial charge in [-0.05, 0) is 12.3 Å². The Morgan fingerprint density at radius 2 is 2.08 bits per heavy atom. The zero-order valence-corrected chi connectivity index (χ0v) is 8.65. The van der Waals surface area contributed by atoms with Crippen molar-refractivity contribution < 1.29 is 12.7 Å². The average Bonchev–Trinajstić information content (AvgIpc) is 1.96. The van der Waals surface area contributed by atoms with E-state index in [4.69, 9.17) is 0 Å². The van der Waals surface area contributed by atoms with Crippen LogP contribution < -0.4 is 5.48 Å². The van der Waals surface area contributed by atoms with Crippen LogP contribution in [0.1, 0.15) is 26.7 Å². The minimum absolute atomic E-state index is 0.572. The molecule has 0 aromatic heterocycles. The molecule has 0 amide bonds. The van der Waals surface area contributed by atoms with Crippen molar-refractivity contribution in [3.05, 3.63) is 0 Å². The Balaban J connectivity index is 3.34. The minimum atomic E-state index is -3.34. The summed E-state index contributed by atoms with van der Waals surface area (Å²) in [4.78, 5) is 0. The van der Waals surface area contributed by atoms with Crippen LogP contribution in [-0.2, 0) is 14.4 Å². The maximum atomic E-state index is 10.5. The summed E-state index contributed by atoms with van der Waals surface area (Å²) in [7, 11) is -3.34. The van der Waals surface area contributed by atoms with E-state index in [1.165, 1.54) is 0 Å². The molecule has 0 rings (SSSR count). The van der Waals surface area contributed by atoms with Gasteiger partial charge in [-0.15, -0.1) is 0 Å². The van der Waals surface area contributed by atoms with Crippen molar-refractivity contribution in [2.24, 2.45) is 5.92 Å². The lowest BCUT2D eigenvalue weighted by molar-refractivity contribution is 0.198. The summed E-state index contributed by atoms with van der Waals surface area (Å²) in [5.41, 5.74) is 2.40. The fourth-order valence-corrected chi connectivity index (χ4v) is 0.956. The highest BCUT2D eigenvalue weighted by Crippen LogP contribution is 2.04. The molecule has 0 bridgehead atoms. The van der Waals surface area contributed by atoms with Crippen LogP contribution in [0.25, 0.3) is 0 Å². The number of rotatable bonds is 6. The molecule has 74 valence electrons. The third-order valence-corrected chi connectivity index (χ3v) is 2.07. The predicted octanol–water partition coefficient (Wildman–Crippen LogP) is 0.903. The second kappa shape index (κ2) is 5.50. The molecule has 0 fully saturated rings. The van der Waals surface area contributed by atoms with Gasteiger partial charge in [-0.1, -0.05) is 20.3 Å². The summed E-state index contributed by atoms with van der Waals surface area (Å²) in [5.74, 6) is 0.598. The monoisotopic (exact) mass is 195 g/mol. The lowest BCUT2D eigenvalue weighted by Gasteiger charge is -2.07. The number of hydrogen-bond donors (Lipinski definition) is 1. The van der Waals surface area contributed by atoms with Gasteiger partial charge in [0.1, 0.15) is 0 Å². The lowest BCUT2D eigenvalue weighted by atomic mass is 10.1.